The second-order valence-electron chi connectivity index (χ2n) is 5.17. The van der Waals surface area contributed by atoms with E-state index in [-0.39, 0.29) is 16.7 Å². The number of nitrogens with one attached hydrogen (secondary N) is 1. The number of halogens is 1. The quantitative estimate of drug-likeness (QED) is 0.680. The van der Waals surface area contributed by atoms with Gasteiger partial charge in [0.2, 0.25) is 0 Å². The molecule has 1 aromatic carbocycles. The van der Waals surface area contributed by atoms with Gasteiger partial charge in [0.1, 0.15) is 11.9 Å². The summed E-state index contributed by atoms with van der Waals surface area (Å²) in [4.78, 5) is 17.2. The number of aromatic nitrogens is 1. The first kappa shape index (κ1) is 14.2. The van der Waals surface area contributed by atoms with Crippen LogP contribution in [0.3, 0.4) is 0 Å². The fourth-order valence-corrected chi connectivity index (χ4v) is 3.16. The van der Waals surface area contributed by atoms with Crippen LogP contribution in [0.4, 0.5) is 11.4 Å². The smallest absolute Gasteiger partial charge is 0.311 e. The van der Waals surface area contributed by atoms with Crippen LogP contribution in [-0.2, 0) is 0 Å². The molecule has 3 rings (SSSR count). The van der Waals surface area contributed by atoms with Gasteiger partial charge in [-0.1, -0.05) is 15.9 Å². The van der Waals surface area contributed by atoms with Gasteiger partial charge in [-0.2, -0.15) is 0 Å². The highest BCUT2D eigenvalue weighted by molar-refractivity contribution is 9.10. The molecule has 0 amide bonds. The lowest BCUT2D eigenvalue weighted by molar-refractivity contribution is -0.384. The average molecular weight is 351 g/mol. The fraction of sp³-hybridized carbons (Fsp3) is 0.357. The molecule has 1 aromatic heterocycles. The van der Waals surface area contributed by atoms with Crippen LogP contribution in [0.1, 0.15) is 6.42 Å². The van der Waals surface area contributed by atoms with Crippen molar-refractivity contribution in [2.75, 3.05) is 25.0 Å². The van der Waals surface area contributed by atoms with E-state index in [9.17, 15) is 10.1 Å². The Balaban J connectivity index is 2.22. The van der Waals surface area contributed by atoms with Crippen molar-refractivity contribution < 1.29 is 4.92 Å². The summed E-state index contributed by atoms with van der Waals surface area (Å²) in [6, 6.07) is 5.91. The molecule has 2 heterocycles. The summed E-state index contributed by atoms with van der Waals surface area (Å²) < 4.78 is 0.886. The van der Waals surface area contributed by atoms with Crippen molar-refractivity contribution in [1.82, 2.24) is 10.3 Å². The van der Waals surface area contributed by atoms with Crippen molar-refractivity contribution in [3.8, 4) is 0 Å². The molecule has 0 spiro atoms. The Morgan fingerprint density at radius 2 is 2.33 bits per heavy atom. The van der Waals surface area contributed by atoms with Crippen LogP contribution in [0.2, 0.25) is 0 Å². The first-order valence-electron chi connectivity index (χ1n) is 6.74. The summed E-state index contributed by atoms with van der Waals surface area (Å²) in [7, 11) is 1.92. The zero-order chi connectivity index (χ0) is 15.0. The molecule has 1 aliphatic heterocycles. The summed E-state index contributed by atoms with van der Waals surface area (Å²) in [6.07, 6.45) is 2.33. The van der Waals surface area contributed by atoms with E-state index in [0.29, 0.717) is 5.69 Å². The highest BCUT2D eigenvalue weighted by atomic mass is 79.9. The minimum atomic E-state index is -0.360. The van der Waals surface area contributed by atoms with Crippen LogP contribution in [0.15, 0.2) is 28.9 Å². The van der Waals surface area contributed by atoms with Crippen LogP contribution in [0.25, 0.3) is 10.9 Å². The van der Waals surface area contributed by atoms with Gasteiger partial charge in [0, 0.05) is 29.5 Å². The van der Waals surface area contributed by atoms with Gasteiger partial charge in [-0.05, 0) is 31.2 Å². The van der Waals surface area contributed by atoms with Crippen LogP contribution in [0, 0.1) is 10.1 Å². The minimum absolute atomic E-state index is 0.0509. The standard InChI is InChI=1S/C14H15BrN4O2/c1-18(10-4-5-16-7-10)14-11-6-9(15)2-3-12(11)17-8-13(14)19(20)21/h2-3,6,8,10,16H,4-5,7H2,1H3. The molecule has 0 aliphatic carbocycles. The van der Waals surface area contributed by atoms with Crippen molar-refractivity contribution in [3.63, 3.8) is 0 Å². The van der Waals surface area contributed by atoms with Gasteiger partial charge in [0.15, 0.2) is 0 Å². The molecule has 1 saturated heterocycles. The molecule has 7 heteroatoms. The molecule has 6 nitrogen and oxygen atoms in total. The lowest BCUT2D eigenvalue weighted by atomic mass is 10.1. The van der Waals surface area contributed by atoms with Crippen molar-refractivity contribution in [3.05, 3.63) is 39.0 Å². The Labute approximate surface area is 130 Å². The summed E-state index contributed by atoms with van der Waals surface area (Å²) in [6.45, 7) is 1.78. The molecular weight excluding hydrogens is 336 g/mol. The first-order chi connectivity index (χ1) is 10.1. The van der Waals surface area contributed by atoms with Gasteiger partial charge in [0.25, 0.3) is 0 Å². The highest BCUT2D eigenvalue weighted by Crippen LogP contribution is 2.37. The number of hydrogen-bond donors (Lipinski definition) is 1. The number of likely N-dealkylation sites (N-methyl/N-ethyl adjacent to an activating group) is 1. The van der Waals surface area contributed by atoms with Crippen molar-refractivity contribution in [2.45, 2.75) is 12.5 Å². The van der Waals surface area contributed by atoms with Crippen LogP contribution in [0.5, 0.6) is 0 Å². The monoisotopic (exact) mass is 350 g/mol. The normalized spacial score (nSPS) is 18.1. The van der Waals surface area contributed by atoms with E-state index in [2.05, 4.69) is 26.2 Å². The highest BCUT2D eigenvalue weighted by Gasteiger charge is 2.27. The number of anilines is 1. The summed E-state index contributed by atoms with van der Waals surface area (Å²) in [5.74, 6) is 0. The Bertz CT molecular complexity index is 701. The Morgan fingerprint density at radius 3 is 3.00 bits per heavy atom. The molecule has 0 radical (unpaired) electrons. The SMILES string of the molecule is CN(c1c([N+](=O)[O-])cnc2ccc(Br)cc12)C1CCNC1. The van der Waals surface area contributed by atoms with E-state index >= 15 is 0 Å². The number of rotatable bonds is 3. The molecule has 0 bridgehead atoms. The van der Waals surface area contributed by atoms with Gasteiger partial charge in [-0.3, -0.25) is 10.1 Å². The third kappa shape index (κ3) is 2.58. The third-order valence-corrected chi connectivity index (χ3v) is 4.41. The van der Waals surface area contributed by atoms with Gasteiger partial charge >= 0.3 is 5.69 Å². The fourth-order valence-electron chi connectivity index (χ4n) is 2.80. The maximum absolute atomic E-state index is 11.4. The van der Waals surface area contributed by atoms with E-state index in [1.165, 1.54) is 6.20 Å². The Kier molecular flexibility index (Phi) is 3.77. The molecule has 1 aliphatic rings. The molecule has 1 fully saturated rings. The van der Waals surface area contributed by atoms with Gasteiger partial charge in [-0.15, -0.1) is 0 Å². The van der Waals surface area contributed by atoms with Crippen molar-refractivity contribution in [1.29, 1.82) is 0 Å². The largest absolute Gasteiger partial charge is 0.364 e. The predicted molar refractivity (Wildman–Crippen MR) is 85.8 cm³/mol. The zero-order valence-electron chi connectivity index (χ0n) is 11.5. The molecular formula is C14H15BrN4O2. The maximum Gasteiger partial charge on any atom is 0.311 e. The zero-order valence-corrected chi connectivity index (χ0v) is 13.1. The molecule has 1 N–H and O–H groups in total. The summed E-state index contributed by atoms with van der Waals surface area (Å²) >= 11 is 3.43. The predicted octanol–water partition coefficient (Wildman–Crippen LogP) is 2.70. The van der Waals surface area contributed by atoms with E-state index in [1.807, 2.05) is 30.1 Å². The van der Waals surface area contributed by atoms with Crippen LogP contribution in [-0.4, -0.2) is 36.1 Å². The van der Waals surface area contributed by atoms with E-state index < -0.39 is 0 Å². The van der Waals surface area contributed by atoms with Gasteiger partial charge < -0.3 is 10.2 Å². The number of fused-ring (bicyclic) bond motifs is 1. The van der Waals surface area contributed by atoms with E-state index in [0.717, 1.165) is 34.9 Å². The summed E-state index contributed by atoms with van der Waals surface area (Å²) in [5.41, 5.74) is 1.45. The third-order valence-electron chi connectivity index (χ3n) is 3.91. The van der Waals surface area contributed by atoms with Crippen molar-refractivity contribution >= 4 is 38.2 Å². The molecule has 110 valence electrons. The second kappa shape index (κ2) is 5.57. The molecule has 0 saturated carbocycles. The van der Waals surface area contributed by atoms with Crippen LogP contribution < -0.4 is 10.2 Å². The number of nitro groups is 1. The lowest BCUT2D eigenvalue weighted by Crippen LogP contribution is -2.34. The molecule has 1 atom stereocenters. The minimum Gasteiger partial charge on any atom is -0.364 e. The molecule has 1 unspecified atom stereocenters. The number of pyridine rings is 1. The number of hydrogen-bond acceptors (Lipinski definition) is 5. The second-order valence-corrected chi connectivity index (χ2v) is 6.08. The van der Waals surface area contributed by atoms with Crippen molar-refractivity contribution in [2.24, 2.45) is 0 Å². The summed E-state index contributed by atoms with van der Waals surface area (Å²) in [5, 5.41) is 15.5. The Hall–Kier alpha value is -1.73. The number of benzene rings is 1. The maximum atomic E-state index is 11.4. The van der Waals surface area contributed by atoms with Gasteiger partial charge in [0.05, 0.1) is 10.4 Å². The molecule has 21 heavy (non-hydrogen) atoms. The van der Waals surface area contributed by atoms with Crippen LogP contribution >= 0.6 is 15.9 Å². The number of nitrogens with zero attached hydrogens (tertiary/aromatic N) is 3. The first-order valence-corrected chi connectivity index (χ1v) is 7.53. The molecule has 2 aromatic rings. The van der Waals surface area contributed by atoms with E-state index in [1.54, 1.807) is 0 Å². The van der Waals surface area contributed by atoms with Gasteiger partial charge in [-0.25, -0.2) is 4.98 Å². The van der Waals surface area contributed by atoms with E-state index in [4.69, 9.17) is 0 Å². The topological polar surface area (TPSA) is 71.3 Å². The average Bonchev–Trinajstić information content (AvgIpc) is 2.99. The lowest BCUT2D eigenvalue weighted by Gasteiger charge is -2.26. The Morgan fingerprint density at radius 1 is 1.52 bits per heavy atom.